The van der Waals surface area contributed by atoms with Crippen LogP contribution in [0.15, 0.2) is 0 Å². The maximum Gasteiger partial charge on any atom is 0.237 e. The number of hydrogen-bond donors (Lipinski definition) is 3. The largest absolute Gasteiger partial charge is 0.356 e. The van der Waals surface area contributed by atoms with Crippen LogP contribution in [-0.2, 0) is 9.59 Å². The summed E-state index contributed by atoms with van der Waals surface area (Å²) < 4.78 is 0. The molecule has 0 aliphatic carbocycles. The predicted molar refractivity (Wildman–Crippen MR) is 115 cm³/mol. The fraction of sp³-hybridized carbons (Fsp3) is 0.905. The Kier molecular flexibility index (Phi) is 18.0. The smallest absolute Gasteiger partial charge is 0.237 e. The van der Waals surface area contributed by atoms with Crippen molar-refractivity contribution in [2.45, 2.75) is 103 Å². The van der Waals surface area contributed by atoms with Gasteiger partial charge in [0.1, 0.15) is 0 Å². The highest BCUT2D eigenvalue weighted by atomic mass is 35.5. The highest BCUT2D eigenvalue weighted by Gasteiger charge is 2.21. The molecule has 0 saturated carbocycles. The first-order valence-electron chi connectivity index (χ1n) is 11.0. The number of halogens is 1. The van der Waals surface area contributed by atoms with E-state index in [9.17, 15) is 9.59 Å². The van der Waals surface area contributed by atoms with E-state index in [1.165, 1.54) is 57.8 Å². The summed E-state index contributed by atoms with van der Waals surface area (Å²) in [5.74, 6) is 0.183. The van der Waals surface area contributed by atoms with Gasteiger partial charge in [-0.2, -0.15) is 0 Å². The van der Waals surface area contributed by atoms with Gasteiger partial charge in [0, 0.05) is 19.5 Å². The molecule has 1 fully saturated rings. The Labute approximate surface area is 172 Å². The number of rotatable bonds is 16. The molecule has 6 heteroatoms. The van der Waals surface area contributed by atoms with Crippen LogP contribution in [-0.4, -0.2) is 37.5 Å². The summed E-state index contributed by atoms with van der Waals surface area (Å²) in [7, 11) is 0. The van der Waals surface area contributed by atoms with E-state index in [0.717, 1.165) is 32.4 Å². The molecular formula is C21H42ClN3O2. The summed E-state index contributed by atoms with van der Waals surface area (Å²) >= 11 is 0. The summed E-state index contributed by atoms with van der Waals surface area (Å²) in [6.07, 6.45) is 16.3. The van der Waals surface area contributed by atoms with Crippen molar-refractivity contribution in [3.8, 4) is 0 Å². The van der Waals surface area contributed by atoms with E-state index in [4.69, 9.17) is 0 Å². The van der Waals surface area contributed by atoms with Crippen LogP contribution in [0.5, 0.6) is 0 Å². The molecule has 160 valence electrons. The molecule has 1 saturated heterocycles. The molecule has 27 heavy (non-hydrogen) atoms. The zero-order valence-corrected chi connectivity index (χ0v) is 18.1. The normalized spacial score (nSPS) is 16.0. The molecule has 2 amide bonds. The van der Waals surface area contributed by atoms with Crippen molar-refractivity contribution in [3.63, 3.8) is 0 Å². The highest BCUT2D eigenvalue weighted by Crippen LogP contribution is 2.10. The first kappa shape index (κ1) is 26.2. The number of carbonyl (C=O) groups excluding carboxylic acids is 2. The summed E-state index contributed by atoms with van der Waals surface area (Å²) in [4.78, 5) is 23.6. The number of carbonyl (C=O) groups is 2. The number of nitrogens with one attached hydrogen (secondary N) is 3. The van der Waals surface area contributed by atoms with E-state index < -0.39 is 0 Å². The van der Waals surface area contributed by atoms with Gasteiger partial charge >= 0.3 is 0 Å². The molecule has 0 aromatic carbocycles. The van der Waals surface area contributed by atoms with Crippen molar-refractivity contribution in [3.05, 3.63) is 0 Å². The predicted octanol–water partition coefficient (Wildman–Crippen LogP) is 4.09. The van der Waals surface area contributed by atoms with Crippen molar-refractivity contribution in [2.75, 3.05) is 19.6 Å². The Balaban J connectivity index is 0.00000676. The van der Waals surface area contributed by atoms with Gasteiger partial charge in [0.15, 0.2) is 0 Å². The monoisotopic (exact) mass is 403 g/mol. The maximum absolute atomic E-state index is 11.8. The van der Waals surface area contributed by atoms with Gasteiger partial charge in [-0.05, 0) is 32.2 Å². The molecule has 1 atom stereocenters. The average molecular weight is 404 g/mol. The van der Waals surface area contributed by atoms with Crippen LogP contribution in [0.25, 0.3) is 0 Å². The molecular weight excluding hydrogens is 362 g/mol. The van der Waals surface area contributed by atoms with Gasteiger partial charge in [-0.25, -0.2) is 0 Å². The Hall–Kier alpha value is -0.810. The highest BCUT2D eigenvalue weighted by molar-refractivity contribution is 5.85. The van der Waals surface area contributed by atoms with Crippen molar-refractivity contribution in [1.82, 2.24) is 16.0 Å². The SMILES string of the molecule is CCCCCCCCCCCCNC(=O)CCCNC(=O)[C@@H]1CCCN1.Cl. The molecule has 5 nitrogen and oxygen atoms in total. The van der Waals surface area contributed by atoms with E-state index in [1.807, 2.05) is 0 Å². The van der Waals surface area contributed by atoms with Crippen LogP contribution in [0, 0.1) is 0 Å². The number of amides is 2. The summed E-state index contributed by atoms with van der Waals surface area (Å²) in [5, 5.41) is 9.08. The summed E-state index contributed by atoms with van der Waals surface area (Å²) in [5.41, 5.74) is 0. The third-order valence-electron chi connectivity index (χ3n) is 5.11. The lowest BCUT2D eigenvalue weighted by Crippen LogP contribution is -2.40. The molecule has 0 aromatic rings. The zero-order chi connectivity index (χ0) is 18.9. The van der Waals surface area contributed by atoms with Crippen LogP contribution < -0.4 is 16.0 Å². The fourth-order valence-electron chi connectivity index (χ4n) is 3.42. The Bertz CT molecular complexity index is 374. The summed E-state index contributed by atoms with van der Waals surface area (Å²) in [6.45, 7) is 4.56. The van der Waals surface area contributed by atoms with Crippen molar-refractivity contribution < 1.29 is 9.59 Å². The van der Waals surface area contributed by atoms with Crippen LogP contribution >= 0.6 is 12.4 Å². The van der Waals surface area contributed by atoms with Gasteiger partial charge in [0.25, 0.3) is 0 Å². The minimum Gasteiger partial charge on any atom is -0.356 e. The van der Waals surface area contributed by atoms with Crippen molar-refractivity contribution in [2.24, 2.45) is 0 Å². The third-order valence-corrected chi connectivity index (χ3v) is 5.11. The second-order valence-electron chi connectivity index (χ2n) is 7.58. The second-order valence-corrected chi connectivity index (χ2v) is 7.58. The van der Waals surface area contributed by atoms with Gasteiger partial charge in [0.2, 0.25) is 11.8 Å². The molecule has 1 heterocycles. The van der Waals surface area contributed by atoms with E-state index in [2.05, 4.69) is 22.9 Å². The second kappa shape index (κ2) is 18.5. The van der Waals surface area contributed by atoms with Crippen LogP contribution in [0.3, 0.4) is 0 Å². The number of hydrogen-bond acceptors (Lipinski definition) is 3. The van der Waals surface area contributed by atoms with Gasteiger partial charge in [0.05, 0.1) is 6.04 Å². The molecule has 0 bridgehead atoms. The minimum absolute atomic E-state index is 0. The average Bonchev–Trinajstić information content (AvgIpc) is 3.18. The number of unbranched alkanes of at least 4 members (excludes halogenated alkanes) is 9. The maximum atomic E-state index is 11.8. The van der Waals surface area contributed by atoms with Crippen LogP contribution in [0.4, 0.5) is 0 Å². The lowest BCUT2D eigenvalue weighted by molar-refractivity contribution is -0.123. The first-order chi connectivity index (χ1) is 12.7. The molecule has 0 spiro atoms. The standard InChI is InChI=1S/C21H41N3O2.ClH/c1-2-3-4-5-6-7-8-9-10-11-16-23-20(25)15-13-18-24-21(26)19-14-12-17-22-19;/h19,22H,2-18H2,1H3,(H,23,25)(H,24,26);1H/t19-;/m0./s1. The molecule has 0 unspecified atom stereocenters. The van der Waals surface area contributed by atoms with Gasteiger partial charge in [-0.15, -0.1) is 12.4 Å². The zero-order valence-electron chi connectivity index (χ0n) is 17.3. The fourth-order valence-corrected chi connectivity index (χ4v) is 3.42. The van der Waals surface area contributed by atoms with Crippen LogP contribution in [0.2, 0.25) is 0 Å². The van der Waals surface area contributed by atoms with E-state index in [1.54, 1.807) is 0 Å². The lowest BCUT2D eigenvalue weighted by atomic mass is 10.1. The minimum atomic E-state index is -0.0276. The topological polar surface area (TPSA) is 70.2 Å². The molecule has 1 aliphatic rings. The molecule has 0 aromatic heterocycles. The Morgan fingerprint density at radius 2 is 1.44 bits per heavy atom. The van der Waals surface area contributed by atoms with E-state index in [0.29, 0.717) is 19.4 Å². The Morgan fingerprint density at radius 3 is 2.04 bits per heavy atom. The summed E-state index contributed by atoms with van der Waals surface area (Å²) in [6, 6.07) is -0.0276. The van der Waals surface area contributed by atoms with Crippen molar-refractivity contribution >= 4 is 24.2 Å². The molecule has 0 radical (unpaired) electrons. The van der Waals surface area contributed by atoms with Gasteiger partial charge in [-0.1, -0.05) is 64.7 Å². The lowest BCUT2D eigenvalue weighted by Gasteiger charge is -2.11. The van der Waals surface area contributed by atoms with E-state index >= 15 is 0 Å². The Morgan fingerprint density at radius 1 is 0.852 bits per heavy atom. The first-order valence-corrected chi connectivity index (χ1v) is 11.0. The van der Waals surface area contributed by atoms with Gasteiger partial charge < -0.3 is 16.0 Å². The van der Waals surface area contributed by atoms with Gasteiger partial charge in [-0.3, -0.25) is 9.59 Å². The molecule has 1 aliphatic heterocycles. The van der Waals surface area contributed by atoms with Crippen molar-refractivity contribution in [1.29, 1.82) is 0 Å². The molecule has 1 rings (SSSR count). The van der Waals surface area contributed by atoms with E-state index in [-0.39, 0.29) is 30.3 Å². The third kappa shape index (κ3) is 14.9. The quantitative estimate of drug-likeness (QED) is 0.340. The molecule has 3 N–H and O–H groups in total. The van der Waals surface area contributed by atoms with Crippen LogP contribution in [0.1, 0.15) is 96.8 Å².